The van der Waals surface area contributed by atoms with Crippen molar-refractivity contribution in [3.05, 3.63) is 29.3 Å². The molecular formula is C11H11ClO3. The first-order chi connectivity index (χ1) is 7.18. The van der Waals surface area contributed by atoms with Crippen molar-refractivity contribution in [3.63, 3.8) is 0 Å². The normalized spacial score (nSPS) is 16.3. The molecule has 0 saturated heterocycles. The molecule has 1 unspecified atom stereocenters. The van der Waals surface area contributed by atoms with Crippen molar-refractivity contribution < 1.29 is 14.6 Å². The van der Waals surface area contributed by atoms with Gasteiger partial charge in [0.25, 0.3) is 0 Å². The highest BCUT2D eigenvalue weighted by molar-refractivity contribution is 6.29. The first-order valence-corrected chi connectivity index (χ1v) is 5.24. The van der Waals surface area contributed by atoms with Gasteiger partial charge in [0, 0.05) is 0 Å². The molecule has 0 spiro atoms. The minimum Gasteiger partial charge on any atom is -0.493 e. The molecule has 1 aromatic carbocycles. The zero-order valence-corrected chi connectivity index (χ0v) is 8.83. The van der Waals surface area contributed by atoms with E-state index in [2.05, 4.69) is 0 Å². The van der Waals surface area contributed by atoms with Gasteiger partial charge < -0.3 is 9.84 Å². The molecule has 0 amide bonds. The van der Waals surface area contributed by atoms with Crippen LogP contribution in [0.3, 0.4) is 0 Å². The standard InChI is InChI=1S/C11H11ClO3/c12-10(11(13)14)8-3-4-9-7(6-8)2-1-5-15-9/h3-4,6,10H,1-2,5H2,(H,13,14). The number of carboxylic acids is 1. The molecule has 1 heterocycles. The van der Waals surface area contributed by atoms with Gasteiger partial charge in [-0.2, -0.15) is 0 Å². The second-order valence-electron chi connectivity index (χ2n) is 3.52. The Morgan fingerprint density at radius 1 is 1.53 bits per heavy atom. The van der Waals surface area contributed by atoms with Gasteiger partial charge in [0.1, 0.15) is 5.75 Å². The zero-order chi connectivity index (χ0) is 10.8. The van der Waals surface area contributed by atoms with Crippen LogP contribution in [-0.2, 0) is 11.2 Å². The molecule has 1 atom stereocenters. The molecule has 3 nitrogen and oxygen atoms in total. The van der Waals surface area contributed by atoms with Gasteiger partial charge >= 0.3 is 5.97 Å². The van der Waals surface area contributed by atoms with Crippen LogP contribution >= 0.6 is 11.6 Å². The van der Waals surface area contributed by atoms with E-state index in [1.54, 1.807) is 12.1 Å². The second kappa shape index (κ2) is 4.11. The summed E-state index contributed by atoms with van der Waals surface area (Å²) < 4.78 is 5.43. The molecule has 0 aliphatic carbocycles. The van der Waals surface area contributed by atoms with Crippen LogP contribution in [0.15, 0.2) is 18.2 Å². The third-order valence-corrected chi connectivity index (χ3v) is 2.88. The van der Waals surface area contributed by atoms with Crippen LogP contribution in [0.25, 0.3) is 0 Å². The van der Waals surface area contributed by atoms with Crippen LogP contribution in [0.4, 0.5) is 0 Å². The summed E-state index contributed by atoms with van der Waals surface area (Å²) in [6, 6.07) is 5.32. The third kappa shape index (κ3) is 2.07. The Labute approximate surface area is 92.6 Å². The first kappa shape index (κ1) is 10.3. The van der Waals surface area contributed by atoms with Gasteiger partial charge in [-0.25, -0.2) is 0 Å². The summed E-state index contributed by atoms with van der Waals surface area (Å²) in [7, 11) is 0. The number of fused-ring (bicyclic) bond motifs is 1. The van der Waals surface area contributed by atoms with Crippen LogP contribution in [0, 0.1) is 0 Å². The maximum atomic E-state index is 10.7. The molecule has 2 rings (SSSR count). The number of aliphatic carboxylic acids is 1. The fraction of sp³-hybridized carbons (Fsp3) is 0.364. The van der Waals surface area contributed by atoms with Gasteiger partial charge in [-0.3, -0.25) is 4.79 Å². The van der Waals surface area contributed by atoms with Crippen LogP contribution in [0.5, 0.6) is 5.75 Å². The number of benzene rings is 1. The van der Waals surface area contributed by atoms with Crippen molar-refractivity contribution in [1.82, 2.24) is 0 Å². The third-order valence-electron chi connectivity index (χ3n) is 2.44. The Morgan fingerprint density at radius 3 is 3.07 bits per heavy atom. The lowest BCUT2D eigenvalue weighted by Gasteiger charge is -2.18. The number of ether oxygens (including phenoxy) is 1. The van der Waals surface area contributed by atoms with Crippen molar-refractivity contribution in [2.24, 2.45) is 0 Å². The molecule has 1 aliphatic heterocycles. The monoisotopic (exact) mass is 226 g/mol. The van der Waals surface area contributed by atoms with E-state index in [0.717, 1.165) is 30.8 Å². The maximum absolute atomic E-state index is 10.7. The van der Waals surface area contributed by atoms with Crippen molar-refractivity contribution in [2.75, 3.05) is 6.61 Å². The maximum Gasteiger partial charge on any atom is 0.326 e. The van der Waals surface area contributed by atoms with E-state index in [-0.39, 0.29) is 0 Å². The lowest BCUT2D eigenvalue weighted by molar-refractivity contribution is -0.136. The van der Waals surface area contributed by atoms with E-state index in [1.165, 1.54) is 0 Å². The summed E-state index contributed by atoms with van der Waals surface area (Å²) in [6.45, 7) is 0.732. The quantitative estimate of drug-likeness (QED) is 0.788. The van der Waals surface area contributed by atoms with Gasteiger partial charge in [-0.1, -0.05) is 12.1 Å². The highest BCUT2D eigenvalue weighted by Crippen LogP contribution is 2.29. The van der Waals surface area contributed by atoms with E-state index >= 15 is 0 Å². The van der Waals surface area contributed by atoms with E-state index in [0.29, 0.717) is 5.56 Å². The SMILES string of the molecule is O=C(O)C(Cl)c1ccc2c(c1)CCCO2. The molecule has 0 radical (unpaired) electrons. The number of carboxylic acid groups (broad SMARTS) is 1. The largest absolute Gasteiger partial charge is 0.493 e. The average molecular weight is 227 g/mol. The van der Waals surface area contributed by atoms with Gasteiger partial charge in [-0.15, -0.1) is 11.6 Å². The smallest absolute Gasteiger partial charge is 0.326 e. The van der Waals surface area contributed by atoms with Gasteiger partial charge in [0.15, 0.2) is 5.38 Å². The molecule has 0 bridgehead atoms. The summed E-state index contributed by atoms with van der Waals surface area (Å²) >= 11 is 5.74. The lowest BCUT2D eigenvalue weighted by atomic mass is 10.0. The molecular weight excluding hydrogens is 216 g/mol. The van der Waals surface area contributed by atoms with E-state index in [1.807, 2.05) is 6.07 Å². The van der Waals surface area contributed by atoms with Crippen molar-refractivity contribution >= 4 is 17.6 Å². The van der Waals surface area contributed by atoms with Crippen LogP contribution < -0.4 is 4.74 Å². The Morgan fingerprint density at radius 2 is 2.33 bits per heavy atom. The molecule has 0 saturated carbocycles. The van der Waals surface area contributed by atoms with E-state index in [9.17, 15) is 4.79 Å². The predicted octanol–water partition coefficient (Wildman–Crippen LogP) is 2.38. The van der Waals surface area contributed by atoms with Crippen molar-refractivity contribution in [2.45, 2.75) is 18.2 Å². The number of carbonyl (C=O) groups is 1. The Balaban J connectivity index is 2.31. The van der Waals surface area contributed by atoms with Gasteiger partial charge in [0.2, 0.25) is 0 Å². The second-order valence-corrected chi connectivity index (χ2v) is 3.96. The number of rotatable bonds is 2. The Kier molecular flexibility index (Phi) is 2.82. The van der Waals surface area contributed by atoms with Crippen LogP contribution in [0.1, 0.15) is 22.9 Å². The van der Waals surface area contributed by atoms with Crippen LogP contribution in [0.2, 0.25) is 0 Å². The Bertz CT molecular complexity index is 389. The fourth-order valence-electron chi connectivity index (χ4n) is 1.68. The van der Waals surface area contributed by atoms with Crippen molar-refractivity contribution in [3.8, 4) is 5.75 Å². The van der Waals surface area contributed by atoms with Crippen LogP contribution in [-0.4, -0.2) is 17.7 Å². The average Bonchev–Trinajstić information content (AvgIpc) is 2.27. The predicted molar refractivity (Wildman–Crippen MR) is 56.5 cm³/mol. The lowest BCUT2D eigenvalue weighted by Crippen LogP contribution is -2.10. The van der Waals surface area contributed by atoms with Gasteiger partial charge in [0.05, 0.1) is 6.61 Å². The molecule has 1 aliphatic rings. The highest BCUT2D eigenvalue weighted by atomic mass is 35.5. The summed E-state index contributed by atoms with van der Waals surface area (Å²) in [5, 5.41) is 7.80. The molecule has 4 heteroatoms. The number of aryl methyl sites for hydroxylation is 1. The summed E-state index contributed by atoms with van der Waals surface area (Å²) in [5.41, 5.74) is 1.67. The molecule has 1 aromatic rings. The molecule has 80 valence electrons. The summed E-state index contributed by atoms with van der Waals surface area (Å²) in [4.78, 5) is 10.7. The van der Waals surface area contributed by atoms with Crippen molar-refractivity contribution in [1.29, 1.82) is 0 Å². The molecule has 0 fully saturated rings. The highest BCUT2D eigenvalue weighted by Gasteiger charge is 2.19. The van der Waals surface area contributed by atoms with Gasteiger partial charge in [-0.05, 0) is 30.0 Å². The molecule has 1 N–H and O–H groups in total. The topological polar surface area (TPSA) is 46.5 Å². The Hall–Kier alpha value is -1.22. The first-order valence-electron chi connectivity index (χ1n) is 4.81. The minimum absolute atomic E-state index is 0.619. The number of alkyl halides is 1. The molecule has 15 heavy (non-hydrogen) atoms. The van der Waals surface area contributed by atoms with E-state index in [4.69, 9.17) is 21.4 Å². The number of hydrogen-bond donors (Lipinski definition) is 1. The van der Waals surface area contributed by atoms with E-state index < -0.39 is 11.3 Å². The summed E-state index contributed by atoms with van der Waals surface area (Å²) in [5.74, 6) is -0.174. The zero-order valence-electron chi connectivity index (χ0n) is 8.07. The fourth-order valence-corrected chi connectivity index (χ4v) is 1.82. The molecule has 0 aromatic heterocycles. The summed E-state index contributed by atoms with van der Waals surface area (Å²) in [6.07, 6.45) is 1.89. The number of halogens is 1. The minimum atomic E-state index is -1.02. The number of hydrogen-bond acceptors (Lipinski definition) is 2.